The van der Waals surface area contributed by atoms with Gasteiger partial charge in [-0.25, -0.2) is 4.79 Å². The Kier molecular flexibility index (Phi) is 4.69. The molecule has 2 amide bonds. The summed E-state index contributed by atoms with van der Waals surface area (Å²) in [5.41, 5.74) is -0.523. The fourth-order valence-electron chi connectivity index (χ4n) is 2.59. The molecule has 1 saturated heterocycles. The first-order valence-electron chi connectivity index (χ1n) is 7.27. The van der Waals surface area contributed by atoms with Crippen molar-refractivity contribution in [3.8, 4) is 0 Å². The molecule has 2 rings (SSSR count). The van der Waals surface area contributed by atoms with Gasteiger partial charge in [-0.2, -0.15) is 0 Å². The maximum atomic E-state index is 12.5. The average molecular weight is 326 g/mol. The van der Waals surface area contributed by atoms with E-state index >= 15 is 0 Å². The molecule has 2 heterocycles. The third-order valence-corrected chi connectivity index (χ3v) is 4.03. The Morgan fingerprint density at radius 1 is 1.27 bits per heavy atom. The number of amides is 2. The summed E-state index contributed by atoms with van der Waals surface area (Å²) in [4.78, 5) is 28.7. The van der Waals surface area contributed by atoms with Gasteiger partial charge in [-0.3, -0.25) is 4.79 Å². The maximum absolute atomic E-state index is 12.5. The van der Waals surface area contributed by atoms with E-state index in [0.717, 1.165) is 11.5 Å². The lowest BCUT2D eigenvalue weighted by molar-refractivity contribution is -0.00475. The van der Waals surface area contributed by atoms with E-state index in [9.17, 15) is 9.59 Å². The van der Waals surface area contributed by atoms with E-state index in [4.69, 9.17) is 4.74 Å². The van der Waals surface area contributed by atoms with E-state index in [1.807, 2.05) is 34.6 Å². The number of piperazine rings is 1. The molecule has 0 spiro atoms. The smallest absolute Gasteiger partial charge is 0.410 e. The summed E-state index contributed by atoms with van der Waals surface area (Å²) in [6, 6.07) is -0.184. The molecule has 8 heteroatoms. The van der Waals surface area contributed by atoms with Crippen molar-refractivity contribution in [1.29, 1.82) is 0 Å². The van der Waals surface area contributed by atoms with Gasteiger partial charge >= 0.3 is 6.09 Å². The van der Waals surface area contributed by atoms with Gasteiger partial charge in [0.1, 0.15) is 10.5 Å². The first kappa shape index (κ1) is 16.7. The number of ether oxygens (including phenoxy) is 1. The van der Waals surface area contributed by atoms with E-state index < -0.39 is 5.60 Å². The normalized spacial score (nSPS) is 22.6. The van der Waals surface area contributed by atoms with Gasteiger partial charge < -0.3 is 14.5 Å². The van der Waals surface area contributed by atoms with Gasteiger partial charge in [-0.1, -0.05) is 4.49 Å². The zero-order valence-electron chi connectivity index (χ0n) is 13.6. The summed E-state index contributed by atoms with van der Waals surface area (Å²) in [5, 5.41) is 3.71. The van der Waals surface area contributed by atoms with E-state index in [1.54, 1.807) is 9.80 Å². The highest BCUT2D eigenvalue weighted by Gasteiger charge is 2.37. The van der Waals surface area contributed by atoms with Crippen LogP contribution in [-0.2, 0) is 4.74 Å². The molecule has 0 aromatic carbocycles. The van der Waals surface area contributed by atoms with Gasteiger partial charge in [0.15, 0.2) is 0 Å². The highest BCUT2D eigenvalue weighted by molar-refractivity contribution is 7.07. The second kappa shape index (κ2) is 6.20. The maximum Gasteiger partial charge on any atom is 0.410 e. The van der Waals surface area contributed by atoms with Gasteiger partial charge in [-0.05, 0) is 46.2 Å². The van der Waals surface area contributed by atoms with E-state index in [-0.39, 0.29) is 24.1 Å². The Balaban J connectivity index is 2.06. The van der Waals surface area contributed by atoms with Gasteiger partial charge in [0.25, 0.3) is 5.91 Å². The minimum Gasteiger partial charge on any atom is -0.444 e. The predicted octanol–water partition coefficient (Wildman–Crippen LogP) is 2.01. The molecule has 1 aromatic heterocycles. The van der Waals surface area contributed by atoms with Crippen LogP contribution in [0.15, 0.2) is 6.20 Å². The lowest BCUT2D eigenvalue weighted by atomic mass is 10.1. The van der Waals surface area contributed by atoms with Crippen LogP contribution in [0.3, 0.4) is 0 Å². The van der Waals surface area contributed by atoms with Crippen molar-refractivity contribution >= 4 is 23.5 Å². The molecule has 1 aromatic rings. The highest BCUT2D eigenvalue weighted by atomic mass is 32.1. The van der Waals surface area contributed by atoms with Crippen LogP contribution in [-0.4, -0.2) is 62.2 Å². The molecule has 0 aliphatic carbocycles. The molecule has 0 unspecified atom stereocenters. The molecular weight excluding hydrogens is 304 g/mol. The molecule has 0 saturated carbocycles. The summed E-state index contributed by atoms with van der Waals surface area (Å²) in [6.45, 7) is 10.3. The molecule has 0 N–H and O–H groups in total. The van der Waals surface area contributed by atoms with Crippen LogP contribution in [0.1, 0.15) is 44.3 Å². The summed E-state index contributed by atoms with van der Waals surface area (Å²) in [7, 11) is 0. The van der Waals surface area contributed by atoms with E-state index in [0.29, 0.717) is 18.0 Å². The van der Waals surface area contributed by atoms with Crippen molar-refractivity contribution in [2.75, 3.05) is 13.1 Å². The van der Waals surface area contributed by atoms with Gasteiger partial charge in [0.2, 0.25) is 0 Å². The van der Waals surface area contributed by atoms with Gasteiger partial charge in [-0.15, -0.1) is 5.10 Å². The molecule has 2 atom stereocenters. The topological polar surface area (TPSA) is 75.6 Å². The second-order valence-corrected chi connectivity index (χ2v) is 7.36. The number of rotatable bonds is 1. The first-order chi connectivity index (χ1) is 10.2. The first-order valence-corrected chi connectivity index (χ1v) is 8.04. The van der Waals surface area contributed by atoms with Crippen molar-refractivity contribution in [2.24, 2.45) is 0 Å². The summed E-state index contributed by atoms with van der Waals surface area (Å²) in [6.07, 6.45) is 1.14. The minimum absolute atomic E-state index is 0.0844. The third-order valence-electron chi connectivity index (χ3n) is 3.38. The number of hydrogen-bond donors (Lipinski definition) is 0. The average Bonchev–Trinajstić information content (AvgIpc) is 2.89. The summed E-state index contributed by atoms with van der Waals surface area (Å²) >= 11 is 1.09. The lowest BCUT2D eigenvalue weighted by Gasteiger charge is -2.44. The molecule has 7 nitrogen and oxygen atoms in total. The molecule has 1 aliphatic rings. The lowest BCUT2D eigenvalue weighted by Crippen LogP contribution is -2.60. The number of carbonyl (C=O) groups is 2. The van der Waals surface area contributed by atoms with Crippen molar-refractivity contribution in [3.63, 3.8) is 0 Å². The van der Waals surface area contributed by atoms with Crippen molar-refractivity contribution < 1.29 is 14.3 Å². The SMILES string of the molecule is C[C@H]1CN(C(=O)OC(C)(C)C)C[C@H](C)N1C(=O)c1cnns1. The Labute approximate surface area is 134 Å². The number of carbonyl (C=O) groups excluding carboxylic acids is 2. The Morgan fingerprint density at radius 2 is 1.86 bits per heavy atom. The van der Waals surface area contributed by atoms with Crippen molar-refractivity contribution in [1.82, 2.24) is 19.4 Å². The molecule has 0 bridgehead atoms. The second-order valence-electron chi connectivity index (χ2n) is 6.58. The summed E-state index contributed by atoms with van der Waals surface area (Å²) < 4.78 is 9.14. The van der Waals surface area contributed by atoms with Crippen molar-refractivity contribution in [3.05, 3.63) is 11.1 Å². The molecule has 22 heavy (non-hydrogen) atoms. The van der Waals surface area contributed by atoms with Crippen LogP contribution in [0.25, 0.3) is 0 Å². The van der Waals surface area contributed by atoms with Crippen molar-refractivity contribution in [2.45, 2.75) is 52.3 Å². The van der Waals surface area contributed by atoms with Crippen LogP contribution in [0.2, 0.25) is 0 Å². The standard InChI is InChI=1S/C14H22N4O3S/c1-9-7-17(13(20)21-14(3,4)5)8-10(2)18(9)12(19)11-6-15-16-22-11/h6,9-10H,7-8H2,1-5H3/t9-,10-/m0/s1. The third kappa shape index (κ3) is 3.73. The largest absolute Gasteiger partial charge is 0.444 e. The molecule has 1 aliphatic heterocycles. The van der Waals surface area contributed by atoms with Crippen LogP contribution in [0.4, 0.5) is 4.79 Å². The van der Waals surface area contributed by atoms with Gasteiger partial charge in [0.05, 0.1) is 6.20 Å². The van der Waals surface area contributed by atoms with Crippen LogP contribution in [0.5, 0.6) is 0 Å². The monoisotopic (exact) mass is 326 g/mol. The fraction of sp³-hybridized carbons (Fsp3) is 0.714. The van der Waals surface area contributed by atoms with E-state index in [2.05, 4.69) is 9.59 Å². The van der Waals surface area contributed by atoms with E-state index in [1.165, 1.54) is 6.20 Å². The number of hydrogen-bond acceptors (Lipinski definition) is 6. The Morgan fingerprint density at radius 3 is 2.32 bits per heavy atom. The molecular formula is C14H22N4O3S. The predicted molar refractivity (Wildman–Crippen MR) is 82.8 cm³/mol. The zero-order valence-corrected chi connectivity index (χ0v) is 14.4. The van der Waals surface area contributed by atoms with Crippen LogP contribution >= 0.6 is 11.5 Å². The molecule has 1 fully saturated rings. The Bertz CT molecular complexity index is 529. The summed E-state index contributed by atoms with van der Waals surface area (Å²) in [5.74, 6) is -0.0844. The van der Waals surface area contributed by atoms with Crippen LogP contribution in [0, 0.1) is 0 Å². The number of aromatic nitrogens is 2. The molecule has 0 radical (unpaired) electrons. The fourth-order valence-corrected chi connectivity index (χ4v) is 3.05. The van der Waals surface area contributed by atoms with Crippen LogP contribution < -0.4 is 0 Å². The zero-order chi connectivity index (χ0) is 16.5. The minimum atomic E-state index is -0.523. The highest BCUT2D eigenvalue weighted by Crippen LogP contribution is 2.21. The van der Waals surface area contributed by atoms with Gasteiger partial charge in [0, 0.05) is 25.2 Å². The quantitative estimate of drug-likeness (QED) is 0.789. The molecule has 122 valence electrons. The Hall–Kier alpha value is -1.70. The number of nitrogens with zero attached hydrogens (tertiary/aromatic N) is 4.